The maximum atomic E-state index is 12.5. The van der Waals surface area contributed by atoms with Crippen LogP contribution in [0.3, 0.4) is 0 Å². The van der Waals surface area contributed by atoms with Crippen LogP contribution in [0.2, 0.25) is 0 Å². The first-order chi connectivity index (χ1) is 12.0. The van der Waals surface area contributed by atoms with Gasteiger partial charge < -0.3 is 25.2 Å². The highest BCUT2D eigenvalue weighted by Gasteiger charge is 2.57. The summed E-state index contributed by atoms with van der Waals surface area (Å²) < 4.78 is 5.40. The lowest BCUT2D eigenvalue weighted by atomic mass is 9.54. The molecule has 7 nitrogen and oxygen atoms in total. The van der Waals surface area contributed by atoms with Crippen LogP contribution >= 0.6 is 0 Å². The van der Waals surface area contributed by atoms with Gasteiger partial charge in [-0.25, -0.2) is 4.79 Å². The second kappa shape index (κ2) is 6.65. The molecule has 7 heteroatoms. The number of fused-ring (bicyclic) bond motifs is 1. The van der Waals surface area contributed by atoms with E-state index in [2.05, 4.69) is 0 Å². The third kappa shape index (κ3) is 3.83. The lowest BCUT2D eigenvalue weighted by molar-refractivity contribution is -0.210. The van der Waals surface area contributed by atoms with E-state index in [1.54, 1.807) is 13.0 Å². The fourth-order valence-corrected chi connectivity index (χ4v) is 4.25. The predicted molar refractivity (Wildman–Crippen MR) is 97.6 cm³/mol. The van der Waals surface area contributed by atoms with Gasteiger partial charge in [-0.2, -0.15) is 0 Å². The summed E-state index contributed by atoms with van der Waals surface area (Å²) >= 11 is 0. The Morgan fingerprint density at radius 2 is 1.85 bits per heavy atom. The summed E-state index contributed by atoms with van der Waals surface area (Å²) in [6.07, 6.45) is 0.400. The number of esters is 1. The second-order valence-electron chi connectivity index (χ2n) is 9.35. The van der Waals surface area contributed by atoms with Gasteiger partial charge in [0.05, 0.1) is 11.7 Å². The van der Waals surface area contributed by atoms with E-state index in [-0.39, 0.29) is 17.8 Å². The number of rotatable bonds is 4. The maximum absolute atomic E-state index is 12.5. The molecule has 0 unspecified atom stereocenters. The summed E-state index contributed by atoms with van der Waals surface area (Å²) in [7, 11) is 0. The van der Waals surface area contributed by atoms with Crippen LogP contribution in [0.25, 0.3) is 0 Å². The normalized spacial score (nSPS) is 37.7. The van der Waals surface area contributed by atoms with E-state index in [0.29, 0.717) is 12.8 Å². The predicted octanol–water partition coefficient (Wildman–Crippen LogP) is 0.867. The highest BCUT2D eigenvalue weighted by Crippen LogP contribution is 2.53. The van der Waals surface area contributed by atoms with E-state index < -0.39 is 46.3 Å². The fraction of sp³-hybridized carbons (Fsp3) is 0.800. The van der Waals surface area contributed by atoms with E-state index in [4.69, 9.17) is 4.74 Å². The topological polar surface area (TPSA) is 124 Å². The Hall–Kier alpha value is -1.28. The molecule has 1 saturated carbocycles. The van der Waals surface area contributed by atoms with Gasteiger partial charge in [0.1, 0.15) is 11.7 Å². The van der Waals surface area contributed by atoms with Crippen molar-refractivity contribution in [1.82, 2.24) is 0 Å². The quantitative estimate of drug-likeness (QED) is 0.530. The molecule has 6 atom stereocenters. The van der Waals surface area contributed by atoms with E-state index in [9.17, 15) is 30.0 Å². The number of carbonyl (C=O) groups is 2. The zero-order valence-electron chi connectivity index (χ0n) is 16.9. The Balaban J connectivity index is 2.37. The summed E-state index contributed by atoms with van der Waals surface area (Å²) in [5, 5.41) is 41.3. The van der Waals surface area contributed by atoms with Gasteiger partial charge in [-0.05, 0) is 52.9 Å². The van der Waals surface area contributed by atoms with Crippen LogP contribution in [0.5, 0.6) is 0 Å². The maximum Gasteiger partial charge on any atom is 0.340 e. The highest BCUT2D eigenvalue weighted by molar-refractivity contribution is 5.98. The molecular formula is C20H32O7. The van der Waals surface area contributed by atoms with Gasteiger partial charge in [0, 0.05) is 17.9 Å². The minimum absolute atomic E-state index is 0.149. The molecule has 0 spiro atoms. The van der Waals surface area contributed by atoms with Crippen LogP contribution in [0.1, 0.15) is 60.8 Å². The molecule has 0 saturated heterocycles. The molecule has 0 amide bonds. The molecule has 27 heavy (non-hydrogen) atoms. The lowest BCUT2D eigenvalue weighted by Gasteiger charge is -2.54. The Labute approximate surface area is 160 Å². The second-order valence-corrected chi connectivity index (χ2v) is 9.35. The smallest absolute Gasteiger partial charge is 0.340 e. The average Bonchev–Trinajstić information content (AvgIpc) is 2.47. The van der Waals surface area contributed by atoms with Gasteiger partial charge in [0.25, 0.3) is 0 Å². The van der Waals surface area contributed by atoms with Gasteiger partial charge in [0.15, 0.2) is 11.4 Å². The number of aliphatic hydroxyl groups is 4. The van der Waals surface area contributed by atoms with Crippen molar-refractivity contribution in [1.29, 1.82) is 0 Å². The number of hydrogen-bond acceptors (Lipinski definition) is 7. The molecule has 0 aromatic rings. The molecule has 1 fully saturated rings. The number of hydrogen-bond donors (Lipinski definition) is 4. The third-order valence-electron chi connectivity index (χ3n) is 6.34. The largest absolute Gasteiger partial charge is 0.457 e. The first kappa shape index (κ1) is 22.0. The minimum Gasteiger partial charge on any atom is -0.457 e. The number of ketones is 1. The van der Waals surface area contributed by atoms with E-state index in [0.717, 1.165) is 6.92 Å². The molecule has 154 valence electrons. The molecule has 4 N–H and O–H groups in total. The fourth-order valence-electron chi connectivity index (χ4n) is 4.25. The van der Waals surface area contributed by atoms with Gasteiger partial charge in [-0.3, -0.25) is 4.79 Å². The third-order valence-corrected chi connectivity index (χ3v) is 6.34. The molecule has 0 aromatic carbocycles. The molecular weight excluding hydrogens is 352 g/mol. The van der Waals surface area contributed by atoms with Crippen LogP contribution in [0.15, 0.2) is 11.6 Å². The van der Waals surface area contributed by atoms with Gasteiger partial charge >= 0.3 is 5.97 Å². The van der Waals surface area contributed by atoms with Crippen LogP contribution in [0, 0.1) is 11.3 Å². The molecule has 2 rings (SSSR count). The Morgan fingerprint density at radius 3 is 2.33 bits per heavy atom. The lowest BCUT2D eigenvalue weighted by Crippen LogP contribution is -2.60. The SMILES string of the molecule is C[C@@H](O)[C@@](C)(O)C(=O)O[C@H]1CC[C@]2(C)CC(=O)C(C(C)(C)O)=C[C@H]2[C@]1(C)O. The van der Waals surface area contributed by atoms with Gasteiger partial charge in [-0.1, -0.05) is 13.0 Å². The Bertz CT molecular complexity index is 654. The van der Waals surface area contributed by atoms with Crippen molar-refractivity contribution in [2.24, 2.45) is 11.3 Å². The first-order valence-corrected chi connectivity index (χ1v) is 9.35. The van der Waals surface area contributed by atoms with Crippen molar-refractivity contribution < 1.29 is 34.8 Å². The molecule has 0 aliphatic heterocycles. The van der Waals surface area contributed by atoms with E-state index >= 15 is 0 Å². The zero-order valence-corrected chi connectivity index (χ0v) is 16.9. The summed E-state index contributed by atoms with van der Waals surface area (Å²) in [6.45, 7) is 8.93. The molecule has 0 aromatic heterocycles. The minimum atomic E-state index is -2.09. The molecule has 0 radical (unpaired) electrons. The van der Waals surface area contributed by atoms with Gasteiger partial charge in [-0.15, -0.1) is 0 Å². The average molecular weight is 384 g/mol. The van der Waals surface area contributed by atoms with Crippen molar-refractivity contribution in [3.05, 3.63) is 11.6 Å². The first-order valence-electron chi connectivity index (χ1n) is 9.35. The summed E-state index contributed by atoms with van der Waals surface area (Å²) in [6, 6.07) is 0. The number of Topliss-reactive ketones (excluding diaryl/α,β-unsaturated/α-hetero) is 1. The van der Waals surface area contributed by atoms with E-state index in [1.165, 1.54) is 20.8 Å². The van der Waals surface area contributed by atoms with Crippen LogP contribution in [-0.4, -0.2) is 61.2 Å². The number of aliphatic hydroxyl groups excluding tert-OH is 1. The zero-order chi connectivity index (χ0) is 21.0. The van der Waals surface area contributed by atoms with Crippen LogP contribution < -0.4 is 0 Å². The van der Waals surface area contributed by atoms with Gasteiger partial charge in [0.2, 0.25) is 0 Å². The van der Waals surface area contributed by atoms with Crippen molar-refractivity contribution in [3.63, 3.8) is 0 Å². The monoisotopic (exact) mass is 384 g/mol. The van der Waals surface area contributed by atoms with E-state index in [1.807, 2.05) is 6.92 Å². The Morgan fingerprint density at radius 1 is 1.30 bits per heavy atom. The van der Waals surface area contributed by atoms with Crippen LogP contribution in [0.4, 0.5) is 0 Å². The van der Waals surface area contributed by atoms with Crippen molar-refractivity contribution in [2.45, 2.75) is 89.8 Å². The summed E-state index contributed by atoms with van der Waals surface area (Å²) in [4.78, 5) is 24.8. The highest BCUT2D eigenvalue weighted by atomic mass is 16.6. The summed E-state index contributed by atoms with van der Waals surface area (Å²) in [5.74, 6) is -1.68. The van der Waals surface area contributed by atoms with Crippen molar-refractivity contribution >= 4 is 11.8 Å². The number of carbonyl (C=O) groups excluding carboxylic acids is 2. The molecule has 0 bridgehead atoms. The summed E-state index contributed by atoms with van der Waals surface area (Å²) in [5.41, 5.74) is -5.21. The molecule has 2 aliphatic rings. The molecule has 2 aliphatic carbocycles. The Kier molecular flexibility index (Phi) is 5.42. The van der Waals surface area contributed by atoms with Crippen molar-refractivity contribution in [3.8, 4) is 0 Å². The standard InChI is InChI=1S/C20H32O7/c1-11(21)19(5,25)16(23)27-15-7-8-18(4)10-13(22)12(17(2,3)24)9-14(18)20(15,6)26/h9,11,14-15,21,24-26H,7-8,10H2,1-6H3/t11-,14-,15+,18-,19-,20+/m1/s1. The molecule has 0 heterocycles. The van der Waals surface area contributed by atoms with Crippen molar-refractivity contribution in [2.75, 3.05) is 0 Å². The van der Waals surface area contributed by atoms with Crippen LogP contribution in [-0.2, 0) is 14.3 Å². The number of ether oxygens (including phenoxy) is 1.